The molecule has 0 aliphatic carbocycles. The SMILES string of the molecule is CCC(c1nc2ccccc2c(=O)n1-c1ccccc1OC)N(CC)C(=O)c1ccco1. The summed E-state index contributed by atoms with van der Waals surface area (Å²) in [4.78, 5) is 33.5. The van der Waals surface area contributed by atoms with Crippen molar-refractivity contribution in [2.45, 2.75) is 26.3 Å². The molecule has 4 rings (SSSR count). The van der Waals surface area contributed by atoms with Crippen molar-refractivity contribution >= 4 is 16.8 Å². The van der Waals surface area contributed by atoms with E-state index in [4.69, 9.17) is 14.1 Å². The van der Waals surface area contributed by atoms with Crippen LogP contribution in [0.1, 0.15) is 42.7 Å². The molecule has 0 spiro atoms. The molecule has 0 fully saturated rings. The van der Waals surface area contributed by atoms with Crippen molar-refractivity contribution < 1.29 is 13.9 Å². The third kappa shape index (κ3) is 3.66. The quantitative estimate of drug-likeness (QED) is 0.427. The van der Waals surface area contributed by atoms with Gasteiger partial charge >= 0.3 is 0 Å². The van der Waals surface area contributed by atoms with Crippen molar-refractivity contribution in [2.75, 3.05) is 13.7 Å². The van der Waals surface area contributed by atoms with Crippen LogP contribution in [0.25, 0.3) is 16.6 Å². The van der Waals surface area contributed by atoms with Gasteiger partial charge in [-0.1, -0.05) is 31.2 Å². The Morgan fingerprint density at radius 1 is 1.09 bits per heavy atom. The molecule has 0 saturated heterocycles. The van der Waals surface area contributed by atoms with Crippen LogP contribution >= 0.6 is 0 Å². The highest BCUT2D eigenvalue weighted by molar-refractivity contribution is 5.91. The average Bonchev–Trinajstić information content (AvgIpc) is 3.37. The average molecular weight is 431 g/mol. The Bertz CT molecular complexity index is 1290. The van der Waals surface area contributed by atoms with E-state index in [1.165, 1.54) is 6.26 Å². The highest BCUT2D eigenvalue weighted by Crippen LogP contribution is 2.30. The number of rotatable bonds is 7. The zero-order chi connectivity index (χ0) is 22.7. The minimum absolute atomic E-state index is 0.213. The number of benzene rings is 2. The predicted octanol–water partition coefficient (Wildman–Crippen LogP) is 4.60. The van der Waals surface area contributed by atoms with Gasteiger partial charge in [0.2, 0.25) is 0 Å². The van der Waals surface area contributed by atoms with Gasteiger partial charge in [-0.2, -0.15) is 0 Å². The van der Waals surface area contributed by atoms with E-state index < -0.39 is 6.04 Å². The summed E-state index contributed by atoms with van der Waals surface area (Å²) in [5, 5.41) is 0.498. The largest absolute Gasteiger partial charge is 0.495 e. The summed E-state index contributed by atoms with van der Waals surface area (Å²) in [6.45, 7) is 4.29. The van der Waals surface area contributed by atoms with Crippen molar-refractivity contribution in [1.29, 1.82) is 0 Å². The Labute approximate surface area is 185 Å². The predicted molar refractivity (Wildman–Crippen MR) is 122 cm³/mol. The number of carbonyl (C=O) groups is 1. The first-order valence-electron chi connectivity index (χ1n) is 10.6. The van der Waals surface area contributed by atoms with Crippen LogP contribution in [0.15, 0.2) is 76.1 Å². The molecule has 1 atom stereocenters. The first-order chi connectivity index (χ1) is 15.6. The standard InChI is InChI=1S/C25H25N3O4/c1-4-19(27(5-2)25(30)22-15-10-16-32-22)23-26-18-12-7-6-11-17(18)24(29)28(23)20-13-8-9-14-21(20)31-3/h6-16,19H,4-5H2,1-3H3. The number of fused-ring (bicyclic) bond motifs is 1. The molecular weight excluding hydrogens is 406 g/mol. The van der Waals surface area contributed by atoms with Gasteiger partial charge in [-0.3, -0.25) is 14.2 Å². The van der Waals surface area contributed by atoms with E-state index in [2.05, 4.69) is 0 Å². The Morgan fingerprint density at radius 3 is 2.53 bits per heavy atom. The number of ether oxygens (including phenoxy) is 1. The summed E-state index contributed by atoms with van der Waals surface area (Å²) in [6.07, 6.45) is 2.03. The molecule has 7 nitrogen and oxygen atoms in total. The maximum atomic E-state index is 13.7. The number of carbonyl (C=O) groups excluding carboxylic acids is 1. The van der Waals surface area contributed by atoms with Crippen LogP contribution in [0.4, 0.5) is 0 Å². The molecule has 164 valence electrons. The lowest BCUT2D eigenvalue weighted by atomic mass is 10.1. The smallest absolute Gasteiger partial charge is 0.290 e. The van der Waals surface area contributed by atoms with E-state index in [1.54, 1.807) is 40.8 Å². The van der Waals surface area contributed by atoms with Crippen LogP contribution in [0, 0.1) is 0 Å². The first-order valence-corrected chi connectivity index (χ1v) is 10.6. The third-order valence-electron chi connectivity index (χ3n) is 5.52. The van der Waals surface area contributed by atoms with Gasteiger partial charge in [0.15, 0.2) is 5.76 Å². The molecular formula is C25H25N3O4. The topological polar surface area (TPSA) is 77.6 Å². The molecule has 2 aromatic carbocycles. The van der Waals surface area contributed by atoms with E-state index in [1.807, 2.05) is 50.2 Å². The number of furan rings is 1. The lowest BCUT2D eigenvalue weighted by Crippen LogP contribution is -2.38. The number of amides is 1. The fourth-order valence-electron chi connectivity index (χ4n) is 4.01. The molecule has 4 aromatic rings. The zero-order valence-corrected chi connectivity index (χ0v) is 18.3. The molecule has 0 N–H and O–H groups in total. The van der Waals surface area contributed by atoms with Gasteiger partial charge in [0, 0.05) is 6.54 Å². The summed E-state index contributed by atoms with van der Waals surface area (Å²) in [5.41, 5.74) is 0.946. The lowest BCUT2D eigenvalue weighted by molar-refractivity contribution is 0.0639. The van der Waals surface area contributed by atoms with Gasteiger partial charge in [-0.25, -0.2) is 4.98 Å². The van der Waals surface area contributed by atoms with Gasteiger partial charge < -0.3 is 14.1 Å². The molecule has 0 radical (unpaired) electrons. The molecule has 0 bridgehead atoms. The summed E-state index contributed by atoms with van der Waals surface area (Å²) >= 11 is 0. The molecule has 2 heterocycles. The fraction of sp³-hybridized carbons (Fsp3) is 0.240. The monoisotopic (exact) mass is 431 g/mol. The van der Waals surface area contributed by atoms with Crippen LogP contribution in [0.5, 0.6) is 5.75 Å². The normalized spacial score (nSPS) is 12.0. The number of para-hydroxylation sites is 3. The van der Waals surface area contributed by atoms with Gasteiger partial charge in [-0.05, 0) is 49.7 Å². The van der Waals surface area contributed by atoms with Gasteiger partial charge in [0.25, 0.3) is 11.5 Å². The second kappa shape index (κ2) is 9.09. The third-order valence-corrected chi connectivity index (χ3v) is 5.52. The number of methoxy groups -OCH3 is 1. The Hall–Kier alpha value is -3.87. The second-order valence-electron chi connectivity index (χ2n) is 7.29. The van der Waals surface area contributed by atoms with Crippen molar-refractivity contribution in [1.82, 2.24) is 14.5 Å². The minimum atomic E-state index is -0.459. The first kappa shape index (κ1) is 21.4. The van der Waals surface area contributed by atoms with Crippen molar-refractivity contribution in [3.63, 3.8) is 0 Å². The molecule has 0 aliphatic heterocycles. The van der Waals surface area contributed by atoms with Crippen LogP contribution in [-0.4, -0.2) is 34.0 Å². The van der Waals surface area contributed by atoms with Crippen molar-refractivity contribution in [2.24, 2.45) is 0 Å². The number of hydrogen-bond donors (Lipinski definition) is 0. The van der Waals surface area contributed by atoms with Crippen molar-refractivity contribution in [3.05, 3.63) is 88.9 Å². The highest BCUT2D eigenvalue weighted by atomic mass is 16.5. The Balaban J connectivity index is 1.99. The molecule has 7 heteroatoms. The van der Waals surface area contributed by atoms with E-state index in [0.717, 1.165) is 0 Å². The molecule has 2 aromatic heterocycles. The summed E-state index contributed by atoms with van der Waals surface area (Å²) < 4.78 is 12.5. The summed E-state index contributed by atoms with van der Waals surface area (Å²) in [6, 6.07) is 17.4. The van der Waals surface area contributed by atoms with Gasteiger partial charge in [-0.15, -0.1) is 0 Å². The number of nitrogens with zero attached hydrogens (tertiary/aromatic N) is 3. The minimum Gasteiger partial charge on any atom is -0.495 e. The maximum Gasteiger partial charge on any atom is 0.290 e. The maximum absolute atomic E-state index is 13.7. The molecule has 0 aliphatic rings. The van der Waals surface area contributed by atoms with Crippen LogP contribution in [0.2, 0.25) is 0 Å². The Morgan fingerprint density at radius 2 is 1.84 bits per heavy atom. The van der Waals surface area contributed by atoms with Crippen LogP contribution < -0.4 is 10.3 Å². The summed E-state index contributed by atoms with van der Waals surface area (Å²) in [7, 11) is 1.56. The lowest BCUT2D eigenvalue weighted by Gasteiger charge is -2.31. The van der Waals surface area contributed by atoms with E-state index in [-0.39, 0.29) is 17.2 Å². The number of aromatic nitrogens is 2. The van der Waals surface area contributed by atoms with Crippen LogP contribution in [-0.2, 0) is 0 Å². The summed E-state index contributed by atoms with van der Waals surface area (Å²) in [5.74, 6) is 1.02. The molecule has 0 saturated carbocycles. The Kier molecular flexibility index (Phi) is 6.07. The van der Waals surface area contributed by atoms with E-state index >= 15 is 0 Å². The van der Waals surface area contributed by atoms with Gasteiger partial charge in [0.1, 0.15) is 11.6 Å². The molecule has 1 unspecified atom stereocenters. The zero-order valence-electron chi connectivity index (χ0n) is 18.3. The number of hydrogen-bond acceptors (Lipinski definition) is 5. The van der Waals surface area contributed by atoms with Crippen LogP contribution in [0.3, 0.4) is 0 Å². The second-order valence-corrected chi connectivity index (χ2v) is 7.29. The fourth-order valence-corrected chi connectivity index (χ4v) is 4.01. The molecule has 1 amide bonds. The molecule has 32 heavy (non-hydrogen) atoms. The van der Waals surface area contributed by atoms with E-state index in [9.17, 15) is 9.59 Å². The van der Waals surface area contributed by atoms with Crippen molar-refractivity contribution in [3.8, 4) is 11.4 Å². The highest BCUT2D eigenvalue weighted by Gasteiger charge is 2.30. The van der Waals surface area contributed by atoms with E-state index in [0.29, 0.717) is 41.1 Å². The van der Waals surface area contributed by atoms with Gasteiger partial charge in [0.05, 0.1) is 36.0 Å².